The molecule has 2 aromatic carbocycles. The van der Waals surface area contributed by atoms with Crippen LogP contribution >= 0.6 is 11.6 Å². The molecule has 126 valence electrons. The molecule has 0 atom stereocenters. The average Bonchev–Trinajstić information content (AvgIpc) is 3.43. The summed E-state index contributed by atoms with van der Waals surface area (Å²) in [5.74, 6) is -0.843. The van der Waals surface area contributed by atoms with Gasteiger partial charge >= 0.3 is 5.97 Å². The summed E-state index contributed by atoms with van der Waals surface area (Å²) in [5, 5.41) is 11.7. The zero-order valence-electron chi connectivity index (χ0n) is 13.3. The zero-order chi connectivity index (χ0) is 17.9. The predicted molar refractivity (Wildman–Crippen MR) is 93.1 cm³/mol. The number of rotatable bonds is 5. The highest BCUT2D eigenvalue weighted by Gasteiger charge is 2.52. The number of anilines is 1. The van der Waals surface area contributed by atoms with Gasteiger partial charge in [0.05, 0.1) is 16.0 Å². The number of nitrogens with zero attached hydrogens (tertiary/aromatic N) is 1. The summed E-state index contributed by atoms with van der Waals surface area (Å²) in [6.45, 7) is -0.370. The minimum Gasteiger partial charge on any atom is -0.455 e. The lowest BCUT2D eigenvalue weighted by Gasteiger charge is -2.14. The van der Waals surface area contributed by atoms with Gasteiger partial charge < -0.3 is 10.1 Å². The third kappa shape index (κ3) is 3.65. The van der Waals surface area contributed by atoms with Gasteiger partial charge in [0.1, 0.15) is 6.07 Å². The first-order valence-electron chi connectivity index (χ1n) is 7.77. The van der Waals surface area contributed by atoms with Crippen LogP contribution in [0.25, 0.3) is 0 Å². The molecule has 5 nitrogen and oxygen atoms in total. The van der Waals surface area contributed by atoms with Crippen molar-refractivity contribution >= 4 is 29.2 Å². The summed E-state index contributed by atoms with van der Waals surface area (Å²) in [7, 11) is 0. The van der Waals surface area contributed by atoms with Crippen molar-refractivity contribution < 1.29 is 14.3 Å². The Morgan fingerprint density at radius 2 is 1.92 bits per heavy atom. The zero-order valence-corrected chi connectivity index (χ0v) is 14.0. The minimum atomic E-state index is -0.612. The van der Waals surface area contributed by atoms with Crippen molar-refractivity contribution in [2.75, 3.05) is 11.9 Å². The van der Waals surface area contributed by atoms with Crippen LogP contribution in [0.15, 0.2) is 48.5 Å². The van der Waals surface area contributed by atoms with Crippen molar-refractivity contribution in [2.45, 2.75) is 18.3 Å². The lowest BCUT2D eigenvalue weighted by molar-refractivity contribution is -0.150. The molecule has 1 aliphatic carbocycles. The molecule has 0 spiro atoms. The Morgan fingerprint density at radius 1 is 1.20 bits per heavy atom. The van der Waals surface area contributed by atoms with Crippen LogP contribution < -0.4 is 5.32 Å². The van der Waals surface area contributed by atoms with Crippen LogP contribution in [0.3, 0.4) is 0 Å². The smallest absolute Gasteiger partial charge is 0.317 e. The van der Waals surface area contributed by atoms with E-state index in [2.05, 4.69) is 5.32 Å². The second kappa shape index (κ2) is 6.96. The molecule has 0 saturated heterocycles. The van der Waals surface area contributed by atoms with Gasteiger partial charge in [0.2, 0.25) is 0 Å². The van der Waals surface area contributed by atoms with Gasteiger partial charge in [-0.2, -0.15) is 5.26 Å². The molecule has 0 unspecified atom stereocenters. The number of nitriles is 1. The van der Waals surface area contributed by atoms with Crippen LogP contribution in [-0.4, -0.2) is 18.5 Å². The summed E-state index contributed by atoms with van der Waals surface area (Å²) in [6.07, 6.45) is 1.45. The number of benzene rings is 2. The van der Waals surface area contributed by atoms with Crippen molar-refractivity contribution in [3.05, 3.63) is 64.7 Å². The Labute approximate surface area is 150 Å². The molecule has 0 bridgehead atoms. The van der Waals surface area contributed by atoms with Crippen LogP contribution in [0.2, 0.25) is 5.02 Å². The summed E-state index contributed by atoms with van der Waals surface area (Å²) in [4.78, 5) is 24.3. The molecule has 1 aliphatic rings. The van der Waals surface area contributed by atoms with Crippen molar-refractivity contribution in [2.24, 2.45) is 0 Å². The van der Waals surface area contributed by atoms with E-state index < -0.39 is 11.3 Å². The Balaban J connectivity index is 1.57. The number of ether oxygens (including phenoxy) is 1. The van der Waals surface area contributed by atoms with E-state index >= 15 is 0 Å². The van der Waals surface area contributed by atoms with Gasteiger partial charge in [-0.25, -0.2) is 0 Å². The number of esters is 1. The number of carbonyl (C=O) groups excluding carboxylic acids is 2. The molecule has 0 heterocycles. The maximum absolute atomic E-state index is 12.4. The van der Waals surface area contributed by atoms with Gasteiger partial charge in [-0.05, 0) is 36.6 Å². The summed E-state index contributed by atoms with van der Waals surface area (Å²) in [5.41, 5.74) is 1.07. The average molecular weight is 355 g/mol. The second-order valence-corrected chi connectivity index (χ2v) is 6.29. The molecule has 6 heteroatoms. The summed E-state index contributed by atoms with van der Waals surface area (Å²) < 4.78 is 5.20. The Bertz CT molecular complexity index is 855. The topological polar surface area (TPSA) is 79.2 Å². The highest BCUT2D eigenvalue weighted by Crippen LogP contribution is 2.49. The van der Waals surface area contributed by atoms with Crippen molar-refractivity contribution in [3.8, 4) is 6.07 Å². The van der Waals surface area contributed by atoms with Crippen LogP contribution in [0.4, 0.5) is 5.69 Å². The van der Waals surface area contributed by atoms with E-state index in [1.54, 1.807) is 6.07 Å². The van der Waals surface area contributed by atoms with E-state index in [1.165, 1.54) is 12.1 Å². The van der Waals surface area contributed by atoms with E-state index in [0.717, 1.165) is 18.4 Å². The monoisotopic (exact) mass is 354 g/mol. The molecule has 1 amide bonds. The van der Waals surface area contributed by atoms with E-state index in [4.69, 9.17) is 21.6 Å². The Hall–Kier alpha value is -2.84. The molecule has 1 N–H and O–H groups in total. The molecule has 3 rings (SSSR count). The molecule has 1 fully saturated rings. The van der Waals surface area contributed by atoms with Gasteiger partial charge in [-0.15, -0.1) is 0 Å². The van der Waals surface area contributed by atoms with Gasteiger partial charge in [-0.3, -0.25) is 9.59 Å². The van der Waals surface area contributed by atoms with Crippen LogP contribution in [-0.2, 0) is 19.7 Å². The van der Waals surface area contributed by atoms with Crippen LogP contribution in [0.5, 0.6) is 0 Å². The highest BCUT2D eigenvalue weighted by molar-refractivity contribution is 6.32. The van der Waals surface area contributed by atoms with Gasteiger partial charge in [-0.1, -0.05) is 41.9 Å². The van der Waals surface area contributed by atoms with Gasteiger partial charge in [0.15, 0.2) is 6.61 Å². The first kappa shape index (κ1) is 17.0. The Kier molecular flexibility index (Phi) is 4.73. The SMILES string of the molecule is N#Cc1ccc(NC(=O)COC(=O)C2(c3ccccc3)CC2)cc1Cl. The summed E-state index contributed by atoms with van der Waals surface area (Å²) in [6, 6.07) is 15.9. The van der Waals surface area contributed by atoms with Gasteiger partial charge in [0, 0.05) is 5.69 Å². The second-order valence-electron chi connectivity index (χ2n) is 5.88. The van der Waals surface area contributed by atoms with E-state index in [0.29, 0.717) is 11.3 Å². The lowest BCUT2D eigenvalue weighted by atomic mass is 9.96. The third-order valence-electron chi connectivity index (χ3n) is 4.17. The van der Waals surface area contributed by atoms with E-state index in [1.807, 2.05) is 36.4 Å². The molecule has 0 radical (unpaired) electrons. The molecule has 0 aromatic heterocycles. The number of hydrogen-bond acceptors (Lipinski definition) is 4. The number of halogens is 1. The maximum Gasteiger partial charge on any atom is 0.317 e. The van der Waals surface area contributed by atoms with Crippen molar-refractivity contribution in [1.82, 2.24) is 0 Å². The molecule has 2 aromatic rings. The molecular weight excluding hydrogens is 340 g/mol. The largest absolute Gasteiger partial charge is 0.455 e. The molecule has 0 aliphatic heterocycles. The maximum atomic E-state index is 12.4. The normalized spacial score (nSPS) is 14.2. The lowest BCUT2D eigenvalue weighted by Crippen LogP contribution is -2.28. The highest BCUT2D eigenvalue weighted by atomic mass is 35.5. The first-order chi connectivity index (χ1) is 12.0. The number of amides is 1. The fraction of sp³-hybridized carbons (Fsp3) is 0.211. The quantitative estimate of drug-likeness (QED) is 0.834. The number of carbonyl (C=O) groups is 2. The fourth-order valence-corrected chi connectivity index (χ4v) is 2.87. The number of nitrogens with one attached hydrogen (secondary N) is 1. The fourth-order valence-electron chi connectivity index (χ4n) is 2.64. The molecular formula is C19H15ClN2O3. The Morgan fingerprint density at radius 3 is 2.52 bits per heavy atom. The van der Waals surface area contributed by atoms with E-state index in [-0.39, 0.29) is 17.6 Å². The molecule has 25 heavy (non-hydrogen) atoms. The third-order valence-corrected chi connectivity index (χ3v) is 4.49. The van der Waals surface area contributed by atoms with Gasteiger partial charge in [0.25, 0.3) is 5.91 Å². The van der Waals surface area contributed by atoms with E-state index in [9.17, 15) is 9.59 Å². The van der Waals surface area contributed by atoms with Crippen LogP contribution in [0, 0.1) is 11.3 Å². The minimum absolute atomic E-state index is 0.248. The van der Waals surface area contributed by atoms with Crippen molar-refractivity contribution in [3.63, 3.8) is 0 Å². The predicted octanol–water partition coefficient (Wildman–Crippen LogP) is 3.43. The number of hydrogen-bond donors (Lipinski definition) is 1. The first-order valence-corrected chi connectivity index (χ1v) is 8.15. The van der Waals surface area contributed by atoms with Crippen LogP contribution in [0.1, 0.15) is 24.0 Å². The standard InChI is InChI=1S/C19H15ClN2O3/c20-16-10-15(7-6-13(16)11-21)22-17(23)12-25-18(24)19(8-9-19)14-4-2-1-3-5-14/h1-7,10H,8-9,12H2,(H,22,23). The molecule has 1 saturated carbocycles. The van der Waals surface area contributed by atoms with Crippen molar-refractivity contribution in [1.29, 1.82) is 5.26 Å². The summed E-state index contributed by atoms with van der Waals surface area (Å²) >= 11 is 5.92.